The normalized spacial score (nSPS) is 10.5. The van der Waals surface area contributed by atoms with Gasteiger partial charge in [0.1, 0.15) is 12.4 Å². The van der Waals surface area contributed by atoms with E-state index >= 15 is 0 Å². The van der Waals surface area contributed by atoms with E-state index in [2.05, 4.69) is 4.98 Å². The predicted octanol–water partition coefficient (Wildman–Crippen LogP) is 3.56. The predicted molar refractivity (Wildman–Crippen MR) is 74.5 cm³/mol. The molecular formula is C16H13NO2. The molecule has 0 saturated carbocycles. The van der Waals surface area contributed by atoms with Gasteiger partial charge in [0.2, 0.25) is 0 Å². The Hall–Kier alpha value is -2.55. The molecule has 1 aromatic heterocycles. The van der Waals surface area contributed by atoms with E-state index in [1.807, 2.05) is 48.5 Å². The van der Waals surface area contributed by atoms with E-state index in [0.29, 0.717) is 12.2 Å². The molecule has 3 rings (SSSR count). The lowest BCUT2D eigenvalue weighted by atomic mass is 10.1. The number of carbonyl (C=O) groups excluding carboxylic acids is 1. The number of rotatable bonds is 4. The largest absolute Gasteiger partial charge is 0.489 e. The summed E-state index contributed by atoms with van der Waals surface area (Å²) in [6.45, 7) is 0.444. The first kappa shape index (κ1) is 11.5. The van der Waals surface area contributed by atoms with E-state index in [-0.39, 0.29) is 0 Å². The molecule has 0 saturated heterocycles. The van der Waals surface area contributed by atoms with Crippen LogP contribution in [0.3, 0.4) is 0 Å². The van der Waals surface area contributed by atoms with Gasteiger partial charge in [-0.05, 0) is 23.8 Å². The molecule has 3 heteroatoms. The molecule has 0 bridgehead atoms. The van der Waals surface area contributed by atoms with Gasteiger partial charge in [-0.1, -0.05) is 30.3 Å². The fraction of sp³-hybridized carbons (Fsp3) is 0.0625. The Balaban J connectivity index is 1.92. The fourth-order valence-electron chi connectivity index (χ4n) is 2.18. The van der Waals surface area contributed by atoms with Gasteiger partial charge < -0.3 is 9.72 Å². The van der Waals surface area contributed by atoms with Crippen LogP contribution in [0.2, 0.25) is 0 Å². The summed E-state index contributed by atoms with van der Waals surface area (Å²) in [6.07, 6.45) is 2.59. The van der Waals surface area contributed by atoms with Crippen molar-refractivity contribution >= 4 is 17.2 Å². The summed E-state index contributed by atoms with van der Waals surface area (Å²) in [6, 6.07) is 15.5. The van der Waals surface area contributed by atoms with Crippen LogP contribution >= 0.6 is 0 Å². The lowest BCUT2D eigenvalue weighted by Gasteiger charge is -2.07. The molecule has 3 aromatic rings. The van der Waals surface area contributed by atoms with Crippen LogP contribution in [0.1, 0.15) is 15.9 Å². The Morgan fingerprint density at radius 2 is 1.89 bits per heavy atom. The SMILES string of the molecule is O=Cc1c[nH]c2cccc(COc3ccccc3)c12. The summed E-state index contributed by atoms with van der Waals surface area (Å²) in [5.41, 5.74) is 2.63. The summed E-state index contributed by atoms with van der Waals surface area (Å²) >= 11 is 0. The highest BCUT2D eigenvalue weighted by molar-refractivity contribution is 5.99. The van der Waals surface area contributed by atoms with Gasteiger partial charge in [0.05, 0.1) is 0 Å². The minimum absolute atomic E-state index is 0.444. The van der Waals surface area contributed by atoms with Crippen LogP contribution in [-0.2, 0) is 6.61 Å². The van der Waals surface area contributed by atoms with Crippen LogP contribution in [-0.4, -0.2) is 11.3 Å². The third-order valence-corrected chi connectivity index (χ3v) is 3.09. The molecule has 94 valence electrons. The third-order valence-electron chi connectivity index (χ3n) is 3.09. The monoisotopic (exact) mass is 251 g/mol. The topological polar surface area (TPSA) is 42.1 Å². The highest BCUT2D eigenvalue weighted by Crippen LogP contribution is 2.23. The molecule has 0 unspecified atom stereocenters. The fourth-order valence-corrected chi connectivity index (χ4v) is 2.18. The second-order valence-electron chi connectivity index (χ2n) is 4.30. The van der Waals surface area contributed by atoms with E-state index in [4.69, 9.17) is 4.74 Å². The summed E-state index contributed by atoms with van der Waals surface area (Å²) in [4.78, 5) is 14.1. The molecule has 0 aliphatic heterocycles. The first-order valence-corrected chi connectivity index (χ1v) is 6.10. The second kappa shape index (κ2) is 4.98. The van der Waals surface area contributed by atoms with Gasteiger partial charge in [-0.15, -0.1) is 0 Å². The van der Waals surface area contributed by atoms with Gasteiger partial charge in [-0.3, -0.25) is 4.79 Å². The van der Waals surface area contributed by atoms with Crippen LogP contribution in [0.5, 0.6) is 5.75 Å². The van der Waals surface area contributed by atoms with E-state index in [1.165, 1.54) is 0 Å². The maximum Gasteiger partial charge on any atom is 0.152 e. The highest BCUT2D eigenvalue weighted by atomic mass is 16.5. The second-order valence-corrected chi connectivity index (χ2v) is 4.30. The number of fused-ring (bicyclic) bond motifs is 1. The highest BCUT2D eigenvalue weighted by Gasteiger charge is 2.08. The number of ether oxygens (including phenoxy) is 1. The zero-order valence-electron chi connectivity index (χ0n) is 10.3. The Morgan fingerprint density at radius 3 is 2.68 bits per heavy atom. The first-order chi connectivity index (χ1) is 9.38. The Labute approximate surface area is 110 Å². The molecule has 19 heavy (non-hydrogen) atoms. The minimum Gasteiger partial charge on any atom is -0.489 e. The number of aldehydes is 1. The van der Waals surface area contributed by atoms with Crippen molar-refractivity contribution in [1.29, 1.82) is 0 Å². The van der Waals surface area contributed by atoms with Gasteiger partial charge in [-0.25, -0.2) is 0 Å². The number of para-hydroxylation sites is 1. The van der Waals surface area contributed by atoms with E-state index < -0.39 is 0 Å². The maximum absolute atomic E-state index is 11.0. The number of aromatic nitrogens is 1. The molecule has 0 fully saturated rings. The van der Waals surface area contributed by atoms with E-state index in [9.17, 15) is 4.79 Å². The smallest absolute Gasteiger partial charge is 0.152 e. The molecule has 0 aliphatic rings. The standard InChI is InChI=1S/C16H13NO2/c18-10-13-9-17-15-8-4-5-12(16(13)15)11-19-14-6-2-1-3-7-14/h1-10,17H,11H2. The van der Waals surface area contributed by atoms with Gasteiger partial charge in [0.25, 0.3) is 0 Å². The molecule has 3 nitrogen and oxygen atoms in total. The Morgan fingerprint density at radius 1 is 1.05 bits per heavy atom. The number of nitrogens with one attached hydrogen (secondary N) is 1. The molecule has 0 radical (unpaired) electrons. The number of aromatic amines is 1. The molecule has 0 spiro atoms. The molecule has 1 heterocycles. The molecule has 0 atom stereocenters. The lowest BCUT2D eigenvalue weighted by Crippen LogP contribution is -1.96. The zero-order chi connectivity index (χ0) is 13.1. The Bertz CT molecular complexity index is 701. The van der Waals surface area contributed by atoms with Crippen LogP contribution in [0.15, 0.2) is 54.7 Å². The molecular weight excluding hydrogens is 238 g/mol. The average Bonchev–Trinajstić information content (AvgIpc) is 2.90. The number of hydrogen-bond donors (Lipinski definition) is 1. The quantitative estimate of drug-likeness (QED) is 0.720. The van der Waals surface area contributed by atoms with Gasteiger partial charge >= 0.3 is 0 Å². The van der Waals surface area contributed by atoms with Crippen LogP contribution < -0.4 is 4.74 Å². The van der Waals surface area contributed by atoms with Crippen molar-refractivity contribution in [3.63, 3.8) is 0 Å². The molecule has 2 aromatic carbocycles. The maximum atomic E-state index is 11.0. The third kappa shape index (κ3) is 2.22. The van der Waals surface area contributed by atoms with Crippen LogP contribution in [0.4, 0.5) is 0 Å². The van der Waals surface area contributed by atoms with Crippen molar-refractivity contribution in [2.24, 2.45) is 0 Å². The van der Waals surface area contributed by atoms with Crippen molar-refractivity contribution in [3.8, 4) is 5.75 Å². The van der Waals surface area contributed by atoms with Crippen LogP contribution in [0, 0.1) is 0 Å². The minimum atomic E-state index is 0.444. The van der Waals surface area contributed by atoms with Gasteiger partial charge in [0, 0.05) is 22.7 Å². The molecule has 0 amide bonds. The van der Waals surface area contributed by atoms with Crippen molar-refractivity contribution in [2.75, 3.05) is 0 Å². The van der Waals surface area contributed by atoms with Gasteiger partial charge in [-0.2, -0.15) is 0 Å². The molecule has 0 aliphatic carbocycles. The lowest BCUT2D eigenvalue weighted by molar-refractivity contribution is 0.112. The number of benzene rings is 2. The van der Waals surface area contributed by atoms with Crippen molar-refractivity contribution in [3.05, 3.63) is 65.9 Å². The summed E-state index contributed by atoms with van der Waals surface area (Å²) in [5.74, 6) is 0.822. The van der Waals surface area contributed by atoms with Crippen molar-refractivity contribution < 1.29 is 9.53 Å². The summed E-state index contributed by atoms with van der Waals surface area (Å²) in [5, 5.41) is 0.938. The number of hydrogen-bond acceptors (Lipinski definition) is 2. The van der Waals surface area contributed by atoms with E-state index in [1.54, 1.807) is 6.20 Å². The first-order valence-electron chi connectivity index (χ1n) is 6.10. The number of H-pyrrole nitrogens is 1. The molecule has 1 N–H and O–H groups in total. The average molecular weight is 251 g/mol. The summed E-state index contributed by atoms with van der Waals surface area (Å²) < 4.78 is 5.74. The van der Waals surface area contributed by atoms with Crippen molar-refractivity contribution in [1.82, 2.24) is 4.98 Å². The van der Waals surface area contributed by atoms with Crippen LogP contribution in [0.25, 0.3) is 10.9 Å². The number of carbonyl (C=O) groups is 1. The van der Waals surface area contributed by atoms with Gasteiger partial charge in [0.15, 0.2) is 6.29 Å². The van der Waals surface area contributed by atoms with Crippen molar-refractivity contribution in [2.45, 2.75) is 6.61 Å². The van der Waals surface area contributed by atoms with E-state index in [0.717, 1.165) is 28.5 Å². The summed E-state index contributed by atoms with van der Waals surface area (Å²) in [7, 11) is 0. The Kier molecular flexibility index (Phi) is 3.02. The zero-order valence-corrected chi connectivity index (χ0v) is 10.3.